The summed E-state index contributed by atoms with van der Waals surface area (Å²) in [6.45, 7) is 5.42. The van der Waals surface area contributed by atoms with E-state index in [1.165, 1.54) is 37.1 Å². The van der Waals surface area contributed by atoms with Crippen molar-refractivity contribution in [2.24, 2.45) is 5.73 Å². The van der Waals surface area contributed by atoms with Gasteiger partial charge in [-0.25, -0.2) is 14.4 Å². The van der Waals surface area contributed by atoms with Gasteiger partial charge in [0, 0.05) is 62.8 Å². The number of aromatic nitrogens is 3. The highest BCUT2D eigenvalue weighted by Crippen LogP contribution is 2.34. The summed E-state index contributed by atoms with van der Waals surface area (Å²) in [6.07, 6.45) is 3.87. The predicted molar refractivity (Wildman–Crippen MR) is 149 cm³/mol. The normalized spacial score (nSPS) is 18.0. The average Bonchev–Trinajstić information content (AvgIpc) is 3.39. The van der Waals surface area contributed by atoms with E-state index in [4.69, 9.17) is 20.2 Å². The molecule has 1 unspecified atom stereocenters. The molecule has 2 aromatic heterocycles. The van der Waals surface area contributed by atoms with Gasteiger partial charge in [0.15, 0.2) is 0 Å². The Bertz CT molecular complexity index is 1460. The molecule has 218 valence electrons. The zero-order chi connectivity index (χ0) is 29.3. The van der Waals surface area contributed by atoms with Gasteiger partial charge in [-0.2, -0.15) is 0 Å². The van der Waals surface area contributed by atoms with Crippen LogP contribution in [0.4, 0.5) is 10.3 Å². The number of primary amides is 1. The molecule has 4 heterocycles. The minimum absolute atomic E-state index is 0.192. The summed E-state index contributed by atoms with van der Waals surface area (Å²) < 4.78 is 26.5. The summed E-state index contributed by atoms with van der Waals surface area (Å²) in [6, 6.07) is 5.82. The number of nitrogens with two attached hydrogens (primary N) is 1. The van der Waals surface area contributed by atoms with Crippen molar-refractivity contribution < 1.29 is 28.6 Å². The highest BCUT2D eigenvalue weighted by atomic mass is 19.1. The maximum Gasteiger partial charge on any atom is 0.271 e. The first-order chi connectivity index (χ1) is 19.6. The van der Waals surface area contributed by atoms with E-state index >= 15 is 0 Å². The van der Waals surface area contributed by atoms with E-state index in [9.17, 15) is 19.1 Å². The molecule has 0 bridgehead atoms. The van der Waals surface area contributed by atoms with Crippen LogP contribution >= 0.6 is 0 Å². The van der Waals surface area contributed by atoms with Crippen LogP contribution in [0, 0.1) is 12.7 Å². The van der Waals surface area contributed by atoms with Gasteiger partial charge in [-0.15, -0.1) is 0 Å². The zero-order valence-corrected chi connectivity index (χ0v) is 23.4. The number of nitrogens with zero attached hydrogens (tertiary/aromatic N) is 4. The third kappa shape index (κ3) is 5.75. The lowest BCUT2D eigenvalue weighted by atomic mass is 9.87. The second kappa shape index (κ2) is 11.5. The monoisotopic (exact) mass is 566 g/mol. The number of anilines is 1. The maximum atomic E-state index is 14.1. The van der Waals surface area contributed by atoms with Gasteiger partial charge in [0.1, 0.15) is 22.8 Å². The van der Waals surface area contributed by atoms with E-state index in [-0.39, 0.29) is 30.3 Å². The number of methoxy groups -OCH3 is 1. The second-order valence-electron chi connectivity index (χ2n) is 10.8. The van der Waals surface area contributed by atoms with Crippen LogP contribution in [0.2, 0.25) is 0 Å². The minimum atomic E-state index is -1.54. The molecule has 0 radical (unpaired) electrons. The molecule has 1 saturated heterocycles. The molecule has 0 aliphatic carbocycles. The summed E-state index contributed by atoms with van der Waals surface area (Å²) in [5.41, 5.74) is 7.17. The van der Waals surface area contributed by atoms with Gasteiger partial charge in [-0.1, -0.05) is 0 Å². The Morgan fingerprint density at radius 3 is 2.76 bits per heavy atom. The van der Waals surface area contributed by atoms with Crippen molar-refractivity contribution in [2.45, 2.75) is 57.3 Å². The number of nitrogens with one attached hydrogen (secondary N) is 1. The Kier molecular flexibility index (Phi) is 7.96. The molecule has 0 spiro atoms. The Labute approximate surface area is 237 Å². The smallest absolute Gasteiger partial charge is 0.271 e. The standard InChI is InChI=1S/C29H35FN6O5/c1-17-15-32-28(33-21-4-8-41-9-5-21)34-25(17)19-12-23-26(38)36(7-6-35(23)16-19)29(2,27(31)39)14-24(37)18-10-20(30)13-22(11-18)40-3/h10-13,15-16,21,24,37H,4-9,14H2,1-3H3,(H2,31,39)(H,32,33,34)/t24-,29?/m0/s1. The van der Waals surface area contributed by atoms with Crippen LogP contribution in [0.1, 0.15) is 53.9 Å². The number of carbonyl (C=O) groups is 2. The molecule has 12 heteroatoms. The summed E-state index contributed by atoms with van der Waals surface area (Å²) >= 11 is 0. The van der Waals surface area contributed by atoms with Gasteiger partial charge >= 0.3 is 0 Å². The van der Waals surface area contributed by atoms with Crippen molar-refractivity contribution in [3.63, 3.8) is 0 Å². The SMILES string of the molecule is COc1cc(F)cc([C@@H](O)CC(C)(C(N)=O)N2CCn3cc(-c4nc(NC5CCOCC5)ncc4C)cc3C2=O)c1. The number of halogens is 1. The van der Waals surface area contributed by atoms with Gasteiger partial charge in [0.2, 0.25) is 11.9 Å². The van der Waals surface area contributed by atoms with E-state index in [2.05, 4.69) is 10.3 Å². The largest absolute Gasteiger partial charge is 0.497 e. The fraction of sp³-hybridized carbons (Fsp3) is 0.448. The lowest BCUT2D eigenvalue weighted by molar-refractivity contribution is -0.130. The van der Waals surface area contributed by atoms with E-state index in [0.717, 1.165) is 24.0 Å². The summed E-state index contributed by atoms with van der Waals surface area (Å²) in [4.78, 5) is 37.1. The molecule has 2 aliphatic rings. The van der Waals surface area contributed by atoms with Crippen LogP contribution in [-0.4, -0.2) is 74.8 Å². The number of aliphatic hydroxyl groups is 1. The van der Waals surface area contributed by atoms with Crippen LogP contribution in [0.15, 0.2) is 36.7 Å². The fourth-order valence-corrected chi connectivity index (χ4v) is 5.48. The van der Waals surface area contributed by atoms with E-state index in [1.807, 2.05) is 17.7 Å². The molecule has 4 N–H and O–H groups in total. The highest BCUT2D eigenvalue weighted by molar-refractivity contribution is 5.99. The quantitative estimate of drug-likeness (QED) is 0.359. The number of carbonyl (C=O) groups excluding carboxylic acids is 2. The molecule has 3 aromatic rings. The van der Waals surface area contributed by atoms with Crippen molar-refractivity contribution in [3.05, 3.63) is 59.3 Å². The van der Waals surface area contributed by atoms with Crippen molar-refractivity contribution in [2.75, 3.05) is 32.2 Å². The number of aliphatic hydroxyl groups excluding tert-OH is 1. The van der Waals surface area contributed by atoms with Crippen LogP contribution in [0.25, 0.3) is 11.3 Å². The number of hydrogen-bond donors (Lipinski definition) is 3. The van der Waals surface area contributed by atoms with Crippen LogP contribution < -0.4 is 15.8 Å². The van der Waals surface area contributed by atoms with Gasteiger partial charge < -0.3 is 35.1 Å². The number of ether oxygens (including phenoxy) is 2. The number of aryl methyl sites for hydroxylation is 1. The number of amides is 2. The second-order valence-corrected chi connectivity index (χ2v) is 10.8. The molecule has 1 aromatic carbocycles. The van der Waals surface area contributed by atoms with Crippen LogP contribution in [0.3, 0.4) is 0 Å². The van der Waals surface area contributed by atoms with Crippen LogP contribution in [-0.2, 0) is 16.1 Å². The number of hydrogen-bond acceptors (Lipinski definition) is 8. The lowest BCUT2D eigenvalue weighted by Crippen LogP contribution is -2.60. The van der Waals surface area contributed by atoms with Crippen molar-refractivity contribution in [1.82, 2.24) is 19.4 Å². The fourth-order valence-electron chi connectivity index (χ4n) is 5.48. The number of benzene rings is 1. The number of fused-ring (bicyclic) bond motifs is 1. The Hall–Kier alpha value is -4.03. The van der Waals surface area contributed by atoms with E-state index in [0.29, 0.717) is 37.1 Å². The van der Waals surface area contributed by atoms with Gasteiger partial charge in [0.25, 0.3) is 5.91 Å². The molecular formula is C29H35FN6O5. The molecular weight excluding hydrogens is 531 g/mol. The minimum Gasteiger partial charge on any atom is -0.497 e. The summed E-state index contributed by atoms with van der Waals surface area (Å²) in [7, 11) is 1.39. The molecule has 2 aliphatic heterocycles. The van der Waals surface area contributed by atoms with Gasteiger partial charge in [0.05, 0.1) is 18.9 Å². The highest BCUT2D eigenvalue weighted by Gasteiger charge is 2.45. The Morgan fingerprint density at radius 1 is 1.29 bits per heavy atom. The molecule has 2 atom stereocenters. The Balaban J connectivity index is 1.40. The average molecular weight is 567 g/mol. The van der Waals surface area contributed by atoms with Gasteiger partial charge in [-0.05, 0) is 56.0 Å². The first-order valence-corrected chi connectivity index (χ1v) is 13.6. The van der Waals surface area contributed by atoms with E-state index < -0.39 is 29.3 Å². The summed E-state index contributed by atoms with van der Waals surface area (Å²) in [5.74, 6) is -1.03. The molecule has 2 amide bonds. The lowest BCUT2D eigenvalue weighted by Gasteiger charge is -2.42. The molecule has 41 heavy (non-hydrogen) atoms. The van der Waals surface area contributed by atoms with Crippen molar-refractivity contribution in [1.29, 1.82) is 0 Å². The molecule has 5 rings (SSSR count). The van der Waals surface area contributed by atoms with Crippen LogP contribution in [0.5, 0.6) is 5.75 Å². The third-order valence-electron chi connectivity index (χ3n) is 7.96. The van der Waals surface area contributed by atoms with E-state index in [1.54, 1.807) is 12.3 Å². The van der Waals surface area contributed by atoms with Crippen molar-refractivity contribution >= 4 is 17.8 Å². The third-order valence-corrected chi connectivity index (χ3v) is 7.96. The van der Waals surface area contributed by atoms with Crippen molar-refractivity contribution in [3.8, 4) is 17.0 Å². The zero-order valence-electron chi connectivity index (χ0n) is 23.4. The predicted octanol–water partition coefficient (Wildman–Crippen LogP) is 2.82. The molecule has 1 fully saturated rings. The number of rotatable bonds is 9. The van der Waals surface area contributed by atoms with Gasteiger partial charge in [-0.3, -0.25) is 9.59 Å². The molecule has 11 nitrogen and oxygen atoms in total. The first kappa shape index (κ1) is 28.5. The topological polar surface area (TPSA) is 145 Å². The first-order valence-electron chi connectivity index (χ1n) is 13.6. The Morgan fingerprint density at radius 2 is 2.05 bits per heavy atom. The maximum absolute atomic E-state index is 14.1. The summed E-state index contributed by atoms with van der Waals surface area (Å²) in [5, 5.41) is 14.4. The molecule has 0 saturated carbocycles.